The van der Waals surface area contributed by atoms with Crippen LogP contribution in [-0.2, 0) is 0 Å². The summed E-state index contributed by atoms with van der Waals surface area (Å²) in [5, 5.41) is 2.85. The topological polar surface area (TPSA) is 80.0 Å². The minimum atomic E-state index is -0.115. The van der Waals surface area contributed by atoms with Crippen molar-refractivity contribution in [1.82, 2.24) is 10.3 Å². The van der Waals surface area contributed by atoms with E-state index in [-0.39, 0.29) is 5.91 Å². The number of amides is 1. The zero-order chi connectivity index (χ0) is 9.97. The maximum absolute atomic E-state index is 11.5. The van der Waals surface area contributed by atoms with Gasteiger partial charge in [0.15, 0.2) is 0 Å². The summed E-state index contributed by atoms with van der Waals surface area (Å²) >= 11 is 0. The number of aromatic nitrogens is 1. The first kappa shape index (κ1) is 8.96. The molecule has 0 bridgehead atoms. The number of pyridine rings is 1. The lowest BCUT2D eigenvalue weighted by Crippen LogP contribution is -2.26. The number of carbonyl (C=O) groups is 1. The minimum Gasteiger partial charge on any atom is -0.348 e. The Labute approximate surface area is 81.7 Å². The third-order valence-corrected chi connectivity index (χ3v) is 2.08. The van der Waals surface area contributed by atoms with Crippen molar-refractivity contribution in [3.8, 4) is 0 Å². The number of nitrogens with one attached hydrogen (secondary N) is 2. The van der Waals surface area contributed by atoms with Gasteiger partial charge >= 0.3 is 0 Å². The summed E-state index contributed by atoms with van der Waals surface area (Å²) in [7, 11) is 0. The smallest absolute Gasteiger partial charge is 0.270 e. The first-order valence-electron chi connectivity index (χ1n) is 4.53. The molecule has 5 heteroatoms. The van der Waals surface area contributed by atoms with Gasteiger partial charge in [0.05, 0.1) is 11.9 Å². The third kappa shape index (κ3) is 2.00. The Morgan fingerprint density at radius 1 is 1.50 bits per heavy atom. The molecule has 0 unspecified atom stereocenters. The zero-order valence-electron chi connectivity index (χ0n) is 7.66. The molecule has 5 nitrogen and oxygen atoms in total. The Bertz CT molecular complexity index is 331. The number of nitrogens with two attached hydrogens (primary N) is 1. The SMILES string of the molecule is NNc1ccc(C(=O)NC2CC2)nc1. The fourth-order valence-corrected chi connectivity index (χ4v) is 1.10. The summed E-state index contributed by atoms with van der Waals surface area (Å²) in [4.78, 5) is 15.4. The second kappa shape index (κ2) is 3.63. The van der Waals surface area contributed by atoms with Crippen LogP contribution in [0.25, 0.3) is 0 Å². The summed E-state index contributed by atoms with van der Waals surface area (Å²) < 4.78 is 0. The molecule has 1 aliphatic carbocycles. The van der Waals surface area contributed by atoms with Crippen LogP contribution < -0.4 is 16.6 Å². The molecule has 4 N–H and O–H groups in total. The molecule has 1 aromatic heterocycles. The van der Waals surface area contributed by atoms with Gasteiger partial charge in [0.1, 0.15) is 5.69 Å². The van der Waals surface area contributed by atoms with Gasteiger partial charge in [0.2, 0.25) is 0 Å². The first-order chi connectivity index (χ1) is 6.79. The summed E-state index contributed by atoms with van der Waals surface area (Å²) in [5.74, 6) is 5.06. The number of hydrazine groups is 1. The standard InChI is InChI=1S/C9H12N4O/c10-13-7-3-4-8(11-5-7)9(14)12-6-1-2-6/h3-6,13H,1-2,10H2,(H,12,14). The number of anilines is 1. The Morgan fingerprint density at radius 3 is 2.79 bits per heavy atom. The fraction of sp³-hybridized carbons (Fsp3) is 0.333. The van der Waals surface area contributed by atoms with E-state index in [1.165, 1.54) is 6.20 Å². The van der Waals surface area contributed by atoms with E-state index in [1.54, 1.807) is 12.1 Å². The molecule has 0 spiro atoms. The van der Waals surface area contributed by atoms with Crippen LogP contribution in [0.4, 0.5) is 5.69 Å². The summed E-state index contributed by atoms with van der Waals surface area (Å²) in [6, 6.07) is 3.72. The van der Waals surface area contributed by atoms with E-state index in [4.69, 9.17) is 5.84 Å². The molecule has 1 saturated carbocycles. The van der Waals surface area contributed by atoms with Gasteiger partial charge in [-0.3, -0.25) is 10.6 Å². The maximum Gasteiger partial charge on any atom is 0.270 e. The Balaban J connectivity index is 2.03. The van der Waals surface area contributed by atoms with E-state index in [2.05, 4.69) is 15.7 Å². The lowest BCUT2D eigenvalue weighted by Gasteiger charge is -2.03. The minimum absolute atomic E-state index is 0.115. The van der Waals surface area contributed by atoms with Crippen LogP contribution in [0.2, 0.25) is 0 Å². The van der Waals surface area contributed by atoms with Gasteiger partial charge in [0, 0.05) is 6.04 Å². The van der Waals surface area contributed by atoms with Crippen molar-refractivity contribution >= 4 is 11.6 Å². The van der Waals surface area contributed by atoms with Crippen molar-refractivity contribution in [2.45, 2.75) is 18.9 Å². The molecule has 0 aromatic carbocycles. The van der Waals surface area contributed by atoms with Crippen LogP contribution in [0.1, 0.15) is 23.3 Å². The van der Waals surface area contributed by atoms with Crippen molar-refractivity contribution in [2.75, 3.05) is 5.43 Å². The molecule has 0 atom stereocenters. The molecular formula is C9H12N4O. The third-order valence-electron chi connectivity index (χ3n) is 2.08. The molecule has 14 heavy (non-hydrogen) atoms. The van der Waals surface area contributed by atoms with Crippen LogP contribution in [0.3, 0.4) is 0 Å². The molecule has 1 heterocycles. The van der Waals surface area contributed by atoms with E-state index in [9.17, 15) is 4.79 Å². The highest BCUT2D eigenvalue weighted by Crippen LogP contribution is 2.19. The van der Waals surface area contributed by atoms with Gasteiger partial charge in [-0.25, -0.2) is 4.98 Å². The molecule has 1 fully saturated rings. The van der Waals surface area contributed by atoms with Crippen molar-refractivity contribution in [2.24, 2.45) is 5.84 Å². The van der Waals surface area contributed by atoms with E-state index in [0.717, 1.165) is 12.8 Å². The van der Waals surface area contributed by atoms with Crippen LogP contribution in [-0.4, -0.2) is 16.9 Å². The van der Waals surface area contributed by atoms with Crippen molar-refractivity contribution in [3.05, 3.63) is 24.0 Å². The van der Waals surface area contributed by atoms with Gasteiger partial charge in [-0.2, -0.15) is 0 Å². The molecular weight excluding hydrogens is 180 g/mol. The van der Waals surface area contributed by atoms with Crippen LogP contribution >= 0.6 is 0 Å². The highest BCUT2D eigenvalue weighted by Gasteiger charge is 2.24. The van der Waals surface area contributed by atoms with E-state index >= 15 is 0 Å². The van der Waals surface area contributed by atoms with Gasteiger partial charge in [-0.15, -0.1) is 0 Å². The molecule has 1 aromatic rings. The predicted molar refractivity (Wildman–Crippen MR) is 52.5 cm³/mol. The molecule has 0 saturated heterocycles. The number of rotatable bonds is 3. The normalized spacial score (nSPS) is 14.9. The van der Waals surface area contributed by atoms with Crippen molar-refractivity contribution in [3.63, 3.8) is 0 Å². The second-order valence-electron chi connectivity index (χ2n) is 3.32. The fourth-order valence-electron chi connectivity index (χ4n) is 1.10. The lowest BCUT2D eigenvalue weighted by atomic mass is 10.3. The highest BCUT2D eigenvalue weighted by molar-refractivity contribution is 5.92. The summed E-state index contributed by atoms with van der Waals surface area (Å²) in [6.45, 7) is 0. The largest absolute Gasteiger partial charge is 0.348 e. The Morgan fingerprint density at radius 2 is 2.29 bits per heavy atom. The van der Waals surface area contributed by atoms with Crippen LogP contribution in [0, 0.1) is 0 Å². The highest BCUT2D eigenvalue weighted by atomic mass is 16.2. The summed E-state index contributed by atoms with van der Waals surface area (Å²) in [6.07, 6.45) is 3.68. The molecule has 0 aliphatic heterocycles. The number of nitrogen functional groups attached to an aromatic ring is 1. The molecule has 0 radical (unpaired) electrons. The molecule has 2 rings (SSSR count). The number of carbonyl (C=O) groups excluding carboxylic acids is 1. The number of nitrogens with zero attached hydrogens (tertiary/aromatic N) is 1. The molecule has 1 amide bonds. The zero-order valence-corrected chi connectivity index (χ0v) is 7.66. The van der Waals surface area contributed by atoms with E-state index in [0.29, 0.717) is 17.4 Å². The van der Waals surface area contributed by atoms with Gasteiger partial charge in [-0.05, 0) is 25.0 Å². The molecule has 1 aliphatic rings. The van der Waals surface area contributed by atoms with Crippen LogP contribution in [0.15, 0.2) is 18.3 Å². The average Bonchev–Trinajstić information content (AvgIpc) is 3.02. The Hall–Kier alpha value is -1.62. The Kier molecular flexibility index (Phi) is 2.32. The predicted octanol–water partition coefficient (Wildman–Crippen LogP) is 0.259. The second-order valence-corrected chi connectivity index (χ2v) is 3.32. The number of hydrogen-bond donors (Lipinski definition) is 3. The van der Waals surface area contributed by atoms with Gasteiger partial charge in [0.25, 0.3) is 5.91 Å². The van der Waals surface area contributed by atoms with E-state index in [1.807, 2.05) is 0 Å². The first-order valence-corrected chi connectivity index (χ1v) is 4.53. The maximum atomic E-state index is 11.5. The lowest BCUT2D eigenvalue weighted by molar-refractivity contribution is 0.0946. The molecule has 74 valence electrons. The van der Waals surface area contributed by atoms with Crippen LogP contribution in [0.5, 0.6) is 0 Å². The van der Waals surface area contributed by atoms with Crippen molar-refractivity contribution < 1.29 is 4.79 Å². The monoisotopic (exact) mass is 192 g/mol. The van der Waals surface area contributed by atoms with Crippen molar-refractivity contribution in [1.29, 1.82) is 0 Å². The van der Waals surface area contributed by atoms with Gasteiger partial charge in [-0.1, -0.05) is 0 Å². The average molecular weight is 192 g/mol. The number of hydrogen-bond acceptors (Lipinski definition) is 4. The summed E-state index contributed by atoms with van der Waals surface area (Å²) in [5.41, 5.74) is 3.57. The van der Waals surface area contributed by atoms with Gasteiger partial charge < -0.3 is 10.7 Å². The quantitative estimate of drug-likeness (QED) is 0.474. The van der Waals surface area contributed by atoms with E-state index < -0.39 is 0 Å².